The summed E-state index contributed by atoms with van der Waals surface area (Å²) in [4.78, 5) is 5.41. The lowest BCUT2D eigenvalue weighted by Crippen LogP contribution is -2.37. The molecule has 2 heterocycles. The first-order valence-electron chi connectivity index (χ1n) is 8.79. The van der Waals surface area contributed by atoms with Crippen molar-refractivity contribution in [2.75, 3.05) is 6.54 Å². The molecule has 0 fully saturated rings. The molecular formula is C19H13F6N3O2. The van der Waals surface area contributed by atoms with Gasteiger partial charge in [0.25, 0.3) is 0 Å². The maximum Gasteiger partial charge on any atom is 0.417 e. The zero-order valence-electron chi connectivity index (χ0n) is 15.1. The molecule has 0 bridgehead atoms. The molecule has 1 aromatic rings. The fraction of sp³-hybridized carbons (Fsp3) is 0.368. The maximum absolute atomic E-state index is 14.7. The maximum atomic E-state index is 14.7. The molecule has 0 saturated heterocycles. The van der Waals surface area contributed by atoms with E-state index in [1.165, 1.54) is 12.1 Å². The summed E-state index contributed by atoms with van der Waals surface area (Å²) in [6, 6.07) is 4.24. The van der Waals surface area contributed by atoms with Crippen LogP contribution in [0.25, 0.3) is 0 Å². The van der Waals surface area contributed by atoms with Gasteiger partial charge in [0.05, 0.1) is 23.8 Å². The van der Waals surface area contributed by atoms with E-state index in [1.54, 1.807) is 6.07 Å². The highest BCUT2D eigenvalue weighted by molar-refractivity contribution is 6.00. The summed E-state index contributed by atoms with van der Waals surface area (Å²) in [5.41, 5.74) is -2.76. The number of hydrogen-bond donors (Lipinski definition) is 1. The van der Waals surface area contributed by atoms with Crippen LogP contribution in [0.4, 0.5) is 26.3 Å². The van der Waals surface area contributed by atoms with Gasteiger partial charge >= 0.3 is 12.8 Å². The van der Waals surface area contributed by atoms with Crippen molar-refractivity contribution >= 4 is 5.84 Å². The van der Waals surface area contributed by atoms with E-state index < -0.39 is 41.6 Å². The Kier molecular flexibility index (Phi) is 4.58. The van der Waals surface area contributed by atoms with Crippen molar-refractivity contribution in [1.29, 1.82) is 5.26 Å². The van der Waals surface area contributed by atoms with Gasteiger partial charge in [0.1, 0.15) is 17.4 Å². The van der Waals surface area contributed by atoms with Crippen molar-refractivity contribution in [2.45, 2.75) is 37.3 Å². The number of aliphatic imine (C=N–C) groups is 1. The lowest BCUT2D eigenvalue weighted by molar-refractivity contribution is -0.0981. The number of halogens is 6. The van der Waals surface area contributed by atoms with Gasteiger partial charge < -0.3 is 14.7 Å². The zero-order valence-corrected chi connectivity index (χ0v) is 15.1. The molecule has 1 aromatic carbocycles. The first-order chi connectivity index (χ1) is 14.1. The Bertz CT molecular complexity index is 1040. The molecule has 11 heteroatoms. The third-order valence-corrected chi connectivity index (χ3v) is 5.34. The van der Waals surface area contributed by atoms with Crippen molar-refractivity contribution in [2.24, 2.45) is 4.99 Å². The first kappa shape index (κ1) is 20.3. The fourth-order valence-corrected chi connectivity index (χ4v) is 4.06. The van der Waals surface area contributed by atoms with Gasteiger partial charge in [0, 0.05) is 11.8 Å². The van der Waals surface area contributed by atoms with Gasteiger partial charge in [-0.1, -0.05) is 6.07 Å². The van der Waals surface area contributed by atoms with E-state index in [0.29, 0.717) is 6.08 Å². The molecule has 2 aliphatic heterocycles. The van der Waals surface area contributed by atoms with E-state index in [0.717, 1.165) is 11.1 Å². The lowest BCUT2D eigenvalue weighted by Gasteiger charge is -2.36. The summed E-state index contributed by atoms with van der Waals surface area (Å²) in [6.07, 6.45) is -4.72. The van der Waals surface area contributed by atoms with Crippen LogP contribution < -0.4 is 0 Å². The zero-order chi connectivity index (χ0) is 21.8. The molecule has 1 aliphatic carbocycles. The van der Waals surface area contributed by atoms with Crippen LogP contribution in [0.3, 0.4) is 0 Å². The molecule has 1 N–H and O–H groups in total. The van der Waals surface area contributed by atoms with E-state index in [4.69, 9.17) is 5.26 Å². The van der Waals surface area contributed by atoms with Crippen LogP contribution >= 0.6 is 0 Å². The molecular weight excluding hydrogens is 416 g/mol. The molecule has 0 amide bonds. The summed E-state index contributed by atoms with van der Waals surface area (Å²) in [5.74, 6) is -1.92. The number of nitriles is 1. The number of aliphatic hydroxyl groups is 1. The molecule has 0 aromatic heterocycles. The molecule has 5 nitrogen and oxygen atoms in total. The number of aliphatic hydroxyl groups excluding tert-OH is 1. The first-order valence-corrected chi connectivity index (χ1v) is 8.79. The molecule has 30 heavy (non-hydrogen) atoms. The number of benzene rings is 1. The number of hydrogen-bond acceptors (Lipinski definition) is 5. The van der Waals surface area contributed by atoms with E-state index in [-0.39, 0.29) is 41.9 Å². The van der Waals surface area contributed by atoms with E-state index >= 15 is 0 Å². The Balaban J connectivity index is 1.85. The highest BCUT2D eigenvalue weighted by Crippen LogP contribution is 2.49. The van der Waals surface area contributed by atoms with Gasteiger partial charge in [-0.25, -0.2) is 4.39 Å². The van der Waals surface area contributed by atoms with Crippen LogP contribution in [0.2, 0.25) is 0 Å². The van der Waals surface area contributed by atoms with E-state index in [2.05, 4.69) is 9.73 Å². The predicted molar refractivity (Wildman–Crippen MR) is 90.4 cm³/mol. The van der Waals surface area contributed by atoms with Crippen LogP contribution in [0.15, 0.2) is 40.7 Å². The Morgan fingerprint density at radius 1 is 1.33 bits per heavy atom. The summed E-state index contributed by atoms with van der Waals surface area (Å²) >= 11 is 0. The minimum Gasteiger partial charge on any atom is -0.431 e. The Hall–Kier alpha value is -3.00. The third kappa shape index (κ3) is 3.11. The number of amidine groups is 1. The molecule has 2 atom stereocenters. The van der Waals surface area contributed by atoms with Gasteiger partial charge in [0.15, 0.2) is 11.6 Å². The molecule has 4 rings (SSSR count). The topological polar surface area (TPSA) is 68.8 Å². The smallest absolute Gasteiger partial charge is 0.417 e. The minimum atomic E-state index is -4.81. The molecule has 158 valence electrons. The molecule has 0 unspecified atom stereocenters. The van der Waals surface area contributed by atoms with Gasteiger partial charge in [-0.15, -0.1) is 0 Å². The number of alkyl halides is 5. The van der Waals surface area contributed by atoms with Crippen LogP contribution in [0.5, 0.6) is 0 Å². The molecule has 1 spiro atoms. The normalized spacial score (nSPS) is 25.4. The van der Waals surface area contributed by atoms with Crippen molar-refractivity contribution in [1.82, 2.24) is 4.90 Å². The predicted octanol–water partition coefficient (Wildman–Crippen LogP) is 4.02. The quantitative estimate of drug-likeness (QED) is 0.722. The Morgan fingerprint density at radius 2 is 2.07 bits per heavy atom. The fourth-order valence-electron chi connectivity index (χ4n) is 4.06. The minimum absolute atomic E-state index is 0.0218. The highest BCUT2D eigenvalue weighted by atomic mass is 19.4. The van der Waals surface area contributed by atoms with Crippen LogP contribution in [0.1, 0.15) is 35.6 Å². The standard InChI is InChI=1S/C19H13F6N3O2/c20-15-9(6-26)1-2-11-14(15)12(29)3-4-18(11)8-28-7-10(19(23,24)25)5-13(16(28)27-18)30-17(21)22/h1-2,5,7,12,17,29H,3-4,8H2/t12-,18+/m0/s1. The second-order valence-electron chi connectivity index (χ2n) is 7.12. The molecule has 3 aliphatic rings. The SMILES string of the molecule is N#Cc1ccc2c(c1F)[C@@H](O)CC[C@@]21CN2C=C(C(F)(F)F)C=C(OC(F)F)C2=N1. The van der Waals surface area contributed by atoms with Crippen molar-refractivity contribution in [3.05, 3.63) is 58.2 Å². The lowest BCUT2D eigenvalue weighted by atomic mass is 9.75. The summed E-state index contributed by atoms with van der Waals surface area (Å²) < 4.78 is 84.3. The van der Waals surface area contributed by atoms with Crippen molar-refractivity contribution in [3.63, 3.8) is 0 Å². The van der Waals surface area contributed by atoms with Crippen LogP contribution in [-0.4, -0.2) is 35.2 Å². The van der Waals surface area contributed by atoms with Crippen LogP contribution in [0, 0.1) is 17.1 Å². The number of rotatable bonds is 2. The second-order valence-corrected chi connectivity index (χ2v) is 7.12. The summed E-state index contributed by atoms with van der Waals surface area (Å²) in [5, 5.41) is 19.3. The number of fused-ring (bicyclic) bond motifs is 3. The van der Waals surface area contributed by atoms with E-state index in [1.807, 2.05) is 0 Å². The van der Waals surface area contributed by atoms with Crippen LogP contribution in [-0.2, 0) is 10.3 Å². The Labute approximate surface area is 166 Å². The molecule has 0 radical (unpaired) electrons. The van der Waals surface area contributed by atoms with Crippen molar-refractivity contribution in [3.8, 4) is 6.07 Å². The number of allylic oxidation sites excluding steroid dienone is 2. The van der Waals surface area contributed by atoms with Gasteiger partial charge in [-0.3, -0.25) is 4.99 Å². The van der Waals surface area contributed by atoms with Gasteiger partial charge in [0.2, 0.25) is 0 Å². The second kappa shape index (κ2) is 6.77. The largest absolute Gasteiger partial charge is 0.431 e. The monoisotopic (exact) mass is 429 g/mol. The van der Waals surface area contributed by atoms with Gasteiger partial charge in [-0.05, 0) is 30.5 Å². The summed E-state index contributed by atoms with van der Waals surface area (Å²) in [7, 11) is 0. The number of nitrogens with zero attached hydrogens (tertiary/aromatic N) is 3. The van der Waals surface area contributed by atoms with E-state index in [9.17, 15) is 31.4 Å². The van der Waals surface area contributed by atoms with Gasteiger partial charge in [-0.2, -0.15) is 27.2 Å². The highest BCUT2D eigenvalue weighted by Gasteiger charge is 2.49. The Morgan fingerprint density at radius 3 is 2.70 bits per heavy atom. The average molecular weight is 429 g/mol. The number of ether oxygens (including phenoxy) is 1. The average Bonchev–Trinajstić information content (AvgIpc) is 3.03. The van der Waals surface area contributed by atoms with Crippen molar-refractivity contribution < 1.29 is 36.2 Å². The molecule has 0 saturated carbocycles. The third-order valence-electron chi connectivity index (χ3n) is 5.34. The summed E-state index contributed by atoms with van der Waals surface area (Å²) in [6.45, 7) is -3.57.